The van der Waals surface area contributed by atoms with Gasteiger partial charge in [0.1, 0.15) is 23.0 Å². The maximum atomic E-state index is 14.3. The largest absolute Gasteiger partial charge is 0.484 e. The Bertz CT molecular complexity index is 1970. The van der Waals surface area contributed by atoms with E-state index in [1.807, 2.05) is 0 Å². The molecule has 1 aliphatic rings. The van der Waals surface area contributed by atoms with E-state index in [4.69, 9.17) is 13.9 Å². The fourth-order valence-corrected chi connectivity index (χ4v) is 5.67. The number of aromatic nitrogens is 3. The van der Waals surface area contributed by atoms with E-state index in [1.165, 1.54) is 15.6 Å². The number of hydrogen-bond acceptors (Lipinski definition) is 7. The summed E-state index contributed by atoms with van der Waals surface area (Å²) in [6.07, 6.45) is -4.39. The molecule has 12 heteroatoms. The topological polar surface area (TPSA) is 99.7 Å². The molecule has 0 aliphatic heterocycles. The first kappa shape index (κ1) is 31.8. The molecule has 0 saturated heterocycles. The van der Waals surface area contributed by atoms with Crippen LogP contribution in [0.4, 0.5) is 18.9 Å². The molecule has 2 aromatic heterocycles. The minimum atomic E-state index is -4.70. The normalized spacial score (nSPS) is 14.9. The average Bonchev–Trinajstić information content (AvgIpc) is 3.60. The van der Waals surface area contributed by atoms with Crippen LogP contribution >= 0.6 is 0 Å². The summed E-state index contributed by atoms with van der Waals surface area (Å²) in [6, 6.07) is 17.8. The molecule has 6 rings (SSSR count). The van der Waals surface area contributed by atoms with Gasteiger partial charge in [0, 0.05) is 36.9 Å². The van der Waals surface area contributed by atoms with Gasteiger partial charge in [-0.15, -0.1) is 0 Å². The van der Waals surface area contributed by atoms with E-state index in [1.54, 1.807) is 95.4 Å². The van der Waals surface area contributed by atoms with Crippen LogP contribution in [0.25, 0.3) is 16.8 Å². The molecule has 1 unspecified atom stereocenters. The molecule has 5 aromatic rings. The number of nitrogens with zero attached hydrogens (tertiary/aromatic N) is 4. The highest BCUT2D eigenvalue weighted by Gasteiger charge is 2.42. The third-order valence-electron chi connectivity index (χ3n) is 7.77. The predicted octanol–water partition coefficient (Wildman–Crippen LogP) is 8.03. The molecule has 0 bridgehead atoms. The van der Waals surface area contributed by atoms with E-state index in [0.717, 1.165) is 0 Å². The minimum absolute atomic E-state index is 0.0589. The Morgan fingerprint density at radius 2 is 1.74 bits per heavy atom. The highest BCUT2D eigenvalue weighted by molar-refractivity contribution is 6.06. The summed E-state index contributed by atoms with van der Waals surface area (Å²) in [5.41, 5.74) is 1.29. The molecule has 1 atom stereocenters. The van der Waals surface area contributed by atoms with Crippen LogP contribution in [-0.4, -0.2) is 39.3 Å². The molecule has 244 valence electrons. The SMILES string of the molecule is Cc1nc2ccc(N(C)C(=O)c3cccc(-n4nc(C(F)(F)F)c5c4C(Oc4ccc(C(=O)OC(C)(C)C)cc4)CCC5)c3)cc2o1. The number of benzene rings is 3. The molecule has 9 nitrogen and oxygen atoms in total. The van der Waals surface area contributed by atoms with Crippen LogP contribution < -0.4 is 9.64 Å². The van der Waals surface area contributed by atoms with Crippen molar-refractivity contribution in [3.8, 4) is 11.4 Å². The Balaban J connectivity index is 1.32. The van der Waals surface area contributed by atoms with Crippen LogP contribution in [0.5, 0.6) is 5.75 Å². The first-order chi connectivity index (χ1) is 22.2. The molecule has 0 radical (unpaired) electrons. The number of aryl methyl sites for hydroxylation is 1. The number of rotatable bonds is 6. The van der Waals surface area contributed by atoms with E-state index in [-0.39, 0.29) is 34.8 Å². The molecule has 0 fully saturated rings. The van der Waals surface area contributed by atoms with Crippen molar-refractivity contribution in [2.75, 3.05) is 11.9 Å². The van der Waals surface area contributed by atoms with Crippen molar-refractivity contribution in [3.63, 3.8) is 0 Å². The highest BCUT2D eigenvalue weighted by Crippen LogP contribution is 2.42. The van der Waals surface area contributed by atoms with Gasteiger partial charge in [-0.3, -0.25) is 4.79 Å². The smallest absolute Gasteiger partial charge is 0.435 e. The zero-order valence-electron chi connectivity index (χ0n) is 26.5. The van der Waals surface area contributed by atoms with Crippen molar-refractivity contribution >= 4 is 28.7 Å². The van der Waals surface area contributed by atoms with Crippen molar-refractivity contribution in [3.05, 3.63) is 101 Å². The molecular weight excluding hydrogens is 613 g/mol. The van der Waals surface area contributed by atoms with Gasteiger partial charge in [-0.25, -0.2) is 14.5 Å². The summed E-state index contributed by atoms with van der Waals surface area (Å²) in [5.74, 6) is 0.00336. The number of halogens is 3. The summed E-state index contributed by atoms with van der Waals surface area (Å²) in [5, 5.41) is 4.04. The number of anilines is 1. The zero-order valence-corrected chi connectivity index (χ0v) is 26.5. The Morgan fingerprint density at radius 1 is 1.00 bits per heavy atom. The van der Waals surface area contributed by atoms with Crippen LogP contribution in [0.1, 0.15) is 83.3 Å². The van der Waals surface area contributed by atoms with Crippen molar-refractivity contribution in [1.82, 2.24) is 14.8 Å². The maximum absolute atomic E-state index is 14.3. The lowest BCUT2D eigenvalue weighted by atomic mass is 9.92. The summed E-state index contributed by atoms with van der Waals surface area (Å²) in [4.78, 5) is 31.8. The quantitative estimate of drug-likeness (QED) is 0.172. The number of hydrogen-bond donors (Lipinski definition) is 0. The van der Waals surface area contributed by atoms with Crippen LogP contribution in [0, 0.1) is 6.92 Å². The zero-order chi connectivity index (χ0) is 33.7. The van der Waals surface area contributed by atoms with Crippen LogP contribution in [0.3, 0.4) is 0 Å². The second kappa shape index (κ2) is 11.9. The Kier molecular flexibility index (Phi) is 8.06. The fraction of sp³-hybridized carbons (Fsp3) is 0.314. The molecule has 1 amide bonds. The second-order valence-electron chi connectivity index (χ2n) is 12.4. The fourth-order valence-electron chi connectivity index (χ4n) is 5.67. The van der Waals surface area contributed by atoms with Crippen LogP contribution in [0.15, 0.2) is 71.1 Å². The number of fused-ring (bicyclic) bond motifs is 2. The number of ether oxygens (including phenoxy) is 2. The molecule has 0 N–H and O–H groups in total. The molecule has 2 heterocycles. The summed E-state index contributed by atoms with van der Waals surface area (Å²) < 4.78 is 61.3. The molecule has 0 spiro atoms. The molecule has 47 heavy (non-hydrogen) atoms. The van der Waals surface area contributed by atoms with E-state index in [2.05, 4.69) is 10.1 Å². The van der Waals surface area contributed by atoms with Gasteiger partial charge in [-0.2, -0.15) is 18.3 Å². The lowest BCUT2D eigenvalue weighted by Gasteiger charge is -2.26. The Morgan fingerprint density at radius 3 is 2.45 bits per heavy atom. The van der Waals surface area contributed by atoms with Gasteiger partial charge in [0.25, 0.3) is 5.91 Å². The van der Waals surface area contributed by atoms with Gasteiger partial charge >= 0.3 is 12.1 Å². The van der Waals surface area contributed by atoms with Gasteiger partial charge in [0.2, 0.25) is 0 Å². The van der Waals surface area contributed by atoms with E-state index in [0.29, 0.717) is 46.8 Å². The lowest BCUT2D eigenvalue weighted by molar-refractivity contribution is -0.142. The van der Waals surface area contributed by atoms with Crippen molar-refractivity contribution in [1.29, 1.82) is 0 Å². The number of carbonyl (C=O) groups is 2. The standard InChI is InChI=1S/C35H33F3N4O5/c1-20-39-27-17-14-23(19-29(27)45-20)41(5)32(43)22-8-6-9-24(18-22)42-30-26(31(40-42)35(36,37)38)10-7-11-28(30)46-25-15-12-21(13-16-25)33(44)47-34(2,3)4/h6,8-9,12-19,28H,7,10-11H2,1-5H3. The second-order valence-corrected chi connectivity index (χ2v) is 12.4. The van der Waals surface area contributed by atoms with Gasteiger partial charge in [-0.1, -0.05) is 6.07 Å². The van der Waals surface area contributed by atoms with Gasteiger partial charge < -0.3 is 18.8 Å². The molecule has 0 saturated carbocycles. The Labute approximate surface area is 268 Å². The number of oxazole rings is 1. The first-order valence-corrected chi connectivity index (χ1v) is 15.1. The van der Waals surface area contributed by atoms with E-state index >= 15 is 0 Å². The van der Waals surface area contributed by atoms with E-state index in [9.17, 15) is 22.8 Å². The van der Waals surface area contributed by atoms with Crippen molar-refractivity contribution < 1.29 is 36.7 Å². The maximum Gasteiger partial charge on any atom is 0.435 e. The summed E-state index contributed by atoms with van der Waals surface area (Å²) >= 11 is 0. The monoisotopic (exact) mass is 646 g/mol. The van der Waals surface area contributed by atoms with Crippen molar-refractivity contribution in [2.45, 2.75) is 64.8 Å². The average molecular weight is 647 g/mol. The third-order valence-corrected chi connectivity index (χ3v) is 7.77. The third kappa shape index (κ3) is 6.58. The van der Waals surface area contributed by atoms with Crippen molar-refractivity contribution in [2.24, 2.45) is 0 Å². The van der Waals surface area contributed by atoms with Crippen LogP contribution in [0.2, 0.25) is 0 Å². The first-order valence-electron chi connectivity index (χ1n) is 15.1. The molecular formula is C35H33F3N4O5. The Hall–Kier alpha value is -5.13. The lowest BCUT2D eigenvalue weighted by Crippen LogP contribution is -2.26. The van der Waals surface area contributed by atoms with Gasteiger partial charge in [0.05, 0.1) is 16.9 Å². The van der Waals surface area contributed by atoms with E-state index < -0.39 is 29.5 Å². The highest BCUT2D eigenvalue weighted by atomic mass is 19.4. The van der Waals surface area contributed by atoms with Crippen LogP contribution in [-0.2, 0) is 17.3 Å². The van der Waals surface area contributed by atoms with Gasteiger partial charge in [0.15, 0.2) is 17.2 Å². The predicted molar refractivity (Wildman–Crippen MR) is 168 cm³/mol. The van der Waals surface area contributed by atoms with Gasteiger partial charge in [-0.05, 0) is 94.6 Å². The number of alkyl halides is 3. The number of amides is 1. The number of esters is 1. The molecule has 3 aromatic carbocycles. The number of carbonyl (C=O) groups excluding carboxylic acids is 2. The molecule has 1 aliphatic carbocycles. The summed E-state index contributed by atoms with van der Waals surface area (Å²) in [6.45, 7) is 7.04. The minimum Gasteiger partial charge on any atom is -0.484 e. The summed E-state index contributed by atoms with van der Waals surface area (Å²) in [7, 11) is 1.61.